The van der Waals surface area contributed by atoms with E-state index in [2.05, 4.69) is 17.1 Å². The molecule has 0 atom stereocenters. The Labute approximate surface area is 145 Å². The lowest BCUT2D eigenvalue weighted by Gasteiger charge is -2.32. The quantitative estimate of drug-likeness (QED) is 0.782. The molecule has 0 amide bonds. The second kappa shape index (κ2) is 9.36. The highest BCUT2D eigenvalue weighted by atomic mass is 35.5. The van der Waals surface area contributed by atoms with Gasteiger partial charge in [0.25, 0.3) is 0 Å². The van der Waals surface area contributed by atoms with Crippen molar-refractivity contribution >= 4 is 11.6 Å². The number of methoxy groups -OCH3 is 2. The van der Waals surface area contributed by atoms with Gasteiger partial charge in [-0.1, -0.05) is 31.0 Å². The van der Waals surface area contributed by atoms with Crippen LogP contribution in [0.15, 0.2) is 12.1 Å². The van der Waals surface area contributed by atoms with Crippen LogP contribution in [-0.4, -0.2) is 44.8 Å². The van der Waals surface area contributed by atoms with E-state index in [0.29, 0.717) is 22.6 Å². The summed E-state index contributed by atoms with van der Waals surface area (Å²) >= 11 is 6.44. The summed E-state index contributed by atoms with van der Waals surface area (Å²) in [6.45, 7) is 6.64. The normalized spacial score (nSPS) is 16.5. The highest BCUT2D eigenvalue weighted by Gasteiger charge is 2.19. The minimum absolute atomic E-state index is 0.567. The van der Waals surface area contributed by atoms with Gasteiger partial charge in [-0.15, -0.1) is 0 Å². The van der Waals surface area contributed by atoms with Crippen molar-refractivity contribution in [3.05, 3.63) is 22.7 Å². The molecule has 0 bridgehead atoms. The number of ether oxygens (including phenoxy) is 2. The van der Waals surface area contributed by atoms with Gasteiger partial charge in [0.2, 0.25) is 0 Å². The monoisotopic (exact) mass is 340 g/mol. The molecule has 1 fully saturated rings. The lowest BCUT2D eigenvalue weighted by atomic mass is 10.0. The summed E-state index contributed by atoms with van der Waals surface area (Å²) in [7, 11) is 3.24. The van der Waals surface area contributed by atoms with Crippen molar-refractivity contribution in [1.82, 2.24) is 10.2 Å². The second-order valence-corrected chi connectivity index (χ2v) is 6.50. The smallest absolute Gasteiger partial charge is 0.179 e. The van der Waals surface area contributed by atoms with Crippen LogP contribution in [0.25, 0.3) is 0 Å². The molecule has 0 unspecified atom stereocenters. The van der Waals surface area contributed by atoms with Crippen molar-refractivity contribution in [2.75, 3.05) is 33.9 Å². The van der Waals surface area contributed by atoms with Gasteiger partial charge in [0.15, 0.2) is 11.5 Å². The Morgan fingerprint density at radius 3 is 2.57 bits per heavy atom. The Bertz CT molecular complexity index is 488. The van der Waals surface area contributed by atoms with Crippen LogP contribution in [0.1, 0.15) is 38.2 Å². The summed E-state index contributed by atoms with van der Waals surface area (Å²) in [5.74, 6) is 1.29. The fourth-order valence-corrected chi connectivity index (χ4v) is 3.36. The third kappa shape index (κ3) is 5.00. The SMILES string of the molecule is CCCCN1CCC(NCc2ccc(OC)c(OC)c2Cl)CC1. The minimum atomic E-state index is 0.567. The first-order valence-corrected chi connectivity index (χ1v) is 8.92. The lowest BCUT2D eigenvalue weighted by molar-refractivity contribution is 0.195. The van der Waals surface area contributed by atoms with Crippen LogP contribution in [0.4, 0.5) is 0 Å². The van der Waals surface area contributed by atoms with Crippen LogP contribution in [0.2, 0.25) is 5.02 Å². The van der Waals surface area contributed by atoms with Gasteiger partial charge in [0, 0.05) is 12.6 Å². The number of halogens is 1. The number of rotatable bonds is 8. The topological polar surface area (TPSA) is 33.7 Å². The molecule has 0 saturated carbocycles. The van der Waals surface area contributed by atoms with E-state index in [1.165, 1.54) is 45.3 Å². The van der Waals surface area contributed by atoms with Gasteiger partial charge in [-0.05, 0) is 50.5 Å². The first kappa shape index (κ1) is 18.4. The van der Waals surface area contributed by atoms with Gasteiger partial charge in [0.05, 0.1) is 19.2 Å². The summed E-state index contributed by atoms with van der Waals surface area (Å²) < 4.78 is 10.6. The Morgan fingerprint density at radius 1 is 1.22 bits per heavy atom. The standard InChI is InChI=1S/C18H29ClN2O2/c1-4-5-10-21-11-8-15(9-12-21)20-13-14-6-7-16(22-2)18(23-3)17(14)19/h6-7,15,20H,4-5,8-13H2,1-3H3. The highest BCUT2D eigenvalue weighted by molar-refractivity contribution is 6.33. The van der Waals surface area contributed by atoms with Gasteiger partial charge in [-0.3, -0.25) is 0 Å². The summed E-state index contributed by atoms with van der Waals surface area (Å²) in [5, 5.41) is 4.28. The van der Waals surface area contributed by atoms with Crippen molar-refractivity contribution in [2.45, 2.75) is 45.2 Å². The van der Waals surface area contributed by atoms with Gasteiger partial charge in [0.1, 0.15) is 0 Å². The summed E-state index contributed by atoms with van der Waals surface area (Å²) in [4.78, 5) is 2.57. The molecular weight excluding hydrogens is 312 g/mol. The number of unbranched alkanes of at least 4 members (excludes halogenated alkanes) is 1. The Hall–Kier alpha value is -0.970. The van der Waals surface area contributed by atoms with Gasteiger partial charge >= 0.3 is 0 Å². The van der Waals surface area contributed by atoms with E-state index in [4.69, 9.17) is 21.1 Å². The zero-order valence-corrected chi connectivity index (χ0v) is 15.3. The number of hydrogen-bond acceptors (Lipinski definition) is 4. The molecule has 4 nitrogen and oxygen atoms in total. The first-order chi connectivity index (χ1) is 11.2. The number of nitrogens with one attached hydrogen (secondary N) is 1. The second-order valence-electron chi connectivity index (χ2n) is 6.12. The predicted octanol–water partition coefficient (Wildman–Crippen LogP) is 3.71. The molecule has 23 heavy (non-hydrogen) atoms. The van der Waals surface area contributed by atoms with Crippen LogP contribution < -0.4 is 14.8 Å². The molecule has 0 spiro atoms. The molecule has 130 valence electrons. The molecule has 0 radical (unpaired) electrons. The van der Waals surface area contributed by atoms with Gasteiger partial charge in [-0.2, -0.15) is 0 Å². The van der Waals surface area contributed by atoms with E-state index in [0.717, 1.165) is 12.1 Å². The average molecular weight is 341 g/mol. The van der Waals surface area contributed by atoms with E-state index in [1.807, 2.05) is 12.1 Å². The summed E-state index contributed by atoms with van der Waals surface area (Å²) in [5.41, 5.74) is 1.05. The fraction of sp³-hybridized carbons (Fsp3) is 0.667. The Morgan fingerprint density at radius 2 is 1.96 bits per heavy atom. The predicted molar refractivity (Wildman–Crippen MR) is 95.8 cm³/mol. The van der Waals surface area contributed by atoms with Crippen molar-refractivity contribution < 1.29 is 9.47 Å². The molecule has 0 aliphatic carbocycles. The van der Waals surface area contributed by atoms with E-state index in [-0.39, 0.29) is 0 Å². The third-order valence-corrected chi connectivity index (χ3v) is 4.98. The van der Waals surface area contributed by atoms with Crippen LogP contribution in [-0.2, 0) is 6.54 Å². The maximum Gasteiger partial charge on any atom is 0.179 e. The largest absolute Gasteiger partial charge is 0.493 e. The fourth-order valence-electron chi connectivity index (χ4n) is 3.06. The molecule has 1 aliphatic rings. The molecule has 2 rings (SSSR count). The first-order valence-electron chi connectivity index (χ1n) is 8.54. The summed E-state index contributed by atoms with van der Waals surface area (Å²) in [6, 6.07) is 4.49. The lowest BCUT2D eigenvalue weighted by Crippen LogP contribution is -2.42. The third-order valence-electron chi connectivity index (χ3n) is 4.56. The molecule has 1 heterocycles. The number of likely N-dealkylation sites (tertiary alicyclic amines) is 1. The van der Waals surface area contributed by atoms with Crippen molar-refractivity contribution in [2.24, 2.45) is 0 Å². The van der Waals surface area contributed by atoms with E-state index < -0.39 is 0 Å². The Kier molecular flexibility index (Phi) is 7.47. The molecule has 1 aliphatic heterocycles. The van der Waals surface area contributed by atoms with E-state index in [1.54, 1.807) is 14.2 Å². The van der Waals surface area contributed by atoms with Crippen LogP contribution >= 0.6 is 11.6 Å². The number of benzene rings is 1. The zero-order chi connectivity index (χ0) is 16.7. The Balaban J connectivity index is 1.85. The molecule has 1 aromatic carbocycles. The summed E-state index contributed by atoms with van der Waals surface area (Å²) in [6.07, 6.45) is 4.98. The van der Waals surface area contributed by atoms with Crippen molar-refractivity contribution in [1.29, 1.82) is 0 Å². The van der Waals surface area contributed by atoms with Crippen LogP contribution in [0.3, 0.4) is 0 Å². The minimum Gasteiger partial charge on any atom is -0.493 e. The van der Waals surface area contributed by atoms with Gasteiger partial charge < -0.3 is 19.7 Å². The molecular formula is C18H29ClN2O2. The molecule has 1 N–H and O–H groups in total. The van der Waals surface area contributed by atoms with Crippen molar-refractivity contribution in [3.8, 4) is 11.5 Å². The molecule has 1 saturated heterocycles. The van der Waals surface area contributed by atoms with Gasteiger partial charge in [-0.25, -0.2) is 0 Å². The van der Waals surface area contributed by atoms with E-state index >= 15 is 0 Å². The molecule has 5 heteroatoms. The maximum atomic E-state index is 6.44. The number of piperidine rings is 1. The highest BCUT2D eigenvalue weighted by Crippen LogP contribution is 2.37. The maximum absolute atomic E-state index is 6.44. The zero-order valence-electron chi connectivity index (χ0n) is 14.5. The number of hydrogen-bond donors (Lipinski definition) is 1. The average Bonchev–Trinajstić information content (AvgIpc) is 2.59. The van der Waals surface area contributed by atoms with Crippen molar-refractivity contribution in [3.63, 3.8) is 0 Å². The molecule has 0 aromatic heterocycles. The van der Waals surface area contributed by atoms with Crippen LogP contribution in [0.5, 0.6) is 11.5 Å². The van der Waals surface area contributed by atoms with Crippen LogP contribution in [0, 0.1) is 0 Å². The number of nitrogens with zero attached hydrogens (tertiary/aromatic N) is 1. The molecule has 1 aromatic rings. The van der Waals surface area contributed by atoms with E-state index in [9.17, 15) is 0 Å².